The molecule has 0 N–H and O–H groups in total. The summed E-state index contributed by atoms with van der Waals surface area (Å²) in [6, 6.07) is 69.0. The Kier molecular flexibility index (Phi) is 8.32. The topological polar surface area (TPSA) is 6.48 Å². The second-order valence-corrected chi connectivity index (χ2v) is 17.9. The molecule has 0 saturated heterocycles. The summed E-state index contributed by atoms with van der Waals surface area (Å²) in [5.74, 6) is 0. The Morgan fingerprint density at radius 2 is 0.869 bits per heavy atom. The van der Waals surface area contributed by atoms with Gasteiger partial charge >= 0.3 is 0 Å². The molecule has 2 heteroatoms. The molecule has 0 fully saturated rings. The molecule has 0 bridgehead atoms. The lowest BCUT2D eigenvalue weighted by atomic mass is 9.80. The van der Waals surface area contributed by atoms with Crippen molar-refractivity contribution in [3.63, 3.8) is 0 Å². The molecule has 0 aromatic heterocycles. The van der Waals surface area contributed by atoms with E-state index in [-0.39, 0.29) is 5.41 Å². The molecule has 0 saturated carbocycles. The first-order valence-electron chi connectivity index (χ1n) is 22.2. The fourth-order valence-corrected chi connectivity index (χ4v) is 11.1. The van der Waals surface area contributed by atoms with Crippen molar-refractivity contribution >= 4 is 44.3 Å². The third kappa shape index (κ3) is 5.76. The van der Waals surface area contributed by atoms with Gasteiger partial charge in [0.1, 0.15) is 0 Å². The van der Waals surface area contributed by atoms with Gasteiger partial charge in [0.2, 0.25) is 0 Å². The Balaban J connectivity index is 1.15. The van der Waals surface area contributed by atoms with E-state index in [1.165, 1.54) is 111 Å². The molecule has 0 atom stereocenters. The van der Waals surface area contributed by atoms with E-state index >= 15 is 0 Å². The standard InChI is InChI=1S/C59H48N2/c1-59(2)53-21-9-8-20-47(53)48-31-28-44(36-54(48)59)58-50-33-30-45(60-34-12-18-41-16-6-10-22-55(41)60)37-51(50)57(43-26-24-40(25-27-43)39-14-4-3-5-15-39)49-32-29-46(38-52(49)58)61-35-13-19-42-17-7-11-23-56(42)61/h3-11,14-17,20-33,36-38H,12-13,18-19,34-35H2,1-2H3. The lowest BCUT2D eigenvalue weighted by molar-refractivity contribution is 0.660. The summed E-state index contributed by atoms with van der Waals surface area (Å²) < 4.78 is 0. The van der Waals surface area contributed by atoms with Gasteiger partial charge in [-0.05, 0) is 156 Å². The maximum atomic E-state index is 2.56. The average molecular weight is 785 g/mol. The average Bonchev–Trinajstić information content (AvgIpc) is 3.55. The molecule has 0 radical (unpaired) electrons. The van der Waals surface area contributed by atoms with Crippen molar-refractivity contribution in [1.82, 2.24) is 0 Å². The van der Waals surface area contributed by atoms with E-state index in [1.807, 2.05) is 0 Å². The molecule has 9 aromatic rings. The van der Waals surface area contributed by atoms with E-state index in [2.05, 4.69) is 206 Å². The van der Waals surface area contributed by atoms with Crippen molar-refractivity contribution < 1.29 is 0 Å². The van der Waals surface area contributed by atoms with Crippen LogP contribution >= 0.6 is 0 Å². The predicted octanol–water partition coefficient (Wildman–Crippen LogP) is 15.5. The molecule has 9 aromatic carbocycles. The van der Waals surface area contributed by atoms with Crippen LogP contribution in [0.3, 0.4) is 0 Å². The number of hydrogen-bond donors (Lipinski definition) is 0. The molecule has 3 aliphatic rings. The van der Waals surface area contributed by atoms with Crippen LogP contribution in [-0.2, 0) is 18.3 Å². The largest absolute Gasteiger partial charge is 0.341 e. The van der Waals surface area contributed by atoms with Gasteiger partial charge in [0.15, 0.2) is 0 Å². The van der Waals surface area contributed by atoms with Gasteiger partial charge in [-0.15, -0.1) is 0 Å². The van der Waals surface area contributed by atoms with Crippen LogP contribution in [0.1, 0.15) is 48.9 Å². The van der Waals surface area contributed by atoms with Gasteiger partial charge in [-0.3, -0.25) is 0 Å². The van der Waals surface area contributed by atoms with E-state index in [4.69, 9.17) is 0 Å². The Morgan fingerprint density at radius 1 is 0.377 bits per heavy atom. The molecule has 2 aliphatic heterocycles. The van der Waals surface area contributed by atoms with E-state index in [9.17, 15) is 0 Å². The van der Waals surface area contributed by atoms with Crippen LogP contribution in [0.15, 0.2) is 182 Å². The van der Waals surface area contributed by atoms with Crippen molar-refractivity contribution in [2.75, 3.05) is 22.9 Å². The van der Waals surface area contributed by atoms with Crippen LogP contribution in [0, 0.1) is 0 Å². The smallest absolute Gasteiger partial charge is 0.0443 e. The van der Waals surface area contributed by atoms with Crippen LogP contribution in [0.5, 0.6) is 0 Å². The number of rotatable bonds is 5. The van der Waals surface area contributed by atoms with E-state index in [1.54, 1.807) is 0 Å². The van der Waals surface area contributed by atoms with Crippen LogP contribution < -0.4 is 9.80 Å². The summed E-state index contributed by atoms with van der Waals surface area (Å²) >= 11 is 0. The van der Waals surface area contributed by atoms with Crippen molar-refractivity contribution in [3.05, 3.63) is 204 Å². The minimum absolute atomic E-state index is 0.106. The van der Waals surface area contributed by atoms with Gasteiger partial charge in [0.25, 0.3) is 0 Å². The molecule has 0 spiro atoms. The monoisotopic (exact) mass is 784 g/mol. The Labute approximate surface area is 359 Å². The Hall–Kier alpha value is -6.90. The zero-order valence-electron chi connectivity index (χ0n) is 35.0. The minimum atomic E-state index is -0.106. The molecule has 2 nitrogen and oxygen atoms in total. The summed E-state index contributed by atoms with van der Waals surface area (Å²) in [4.78, 5) is 5.11. The summed E-state index contributed by atoms with van der Waals surface area (Å²) in [6.07, 6.45) is 4.52. The number of hydrogen-bond acceptors (Lipinski definition) is 2. The highest BCUT2D eigenvalue weighted by Gasteiger charge is 2.35. The van der Waals surface area contributed by atoms with Crippen molar-refractivity contribution in [3.8, 4) is 44.5 Å². The zero-order valence-corrected chi connectivity index (χ0v) is 35.0. The molecule has 0 unspecified atom stereocenters. The number of para-hydroxylation sites is 2. The molecule has 294 valence electrons. The Bertz CT molecular complexity index is 3170. The van der Waals surface area contributed by atoms with Gasteiger partial charge in [-0.1, -0.05) is 153 Å². The summed E-state index contributed by atoms with van der Waals surface area (Å²) in [5.41, 5.74) is 21.0. The SMILES string of the molecule is CC1(C)c2ccccc2-c2ccc(-c3c4ccc(N5CCCc6ccccc65)cc4c(-c4ccc(-c5ccccc5)cc4)c4ccc(N5CCCc6ccccc65)cc34)cc21. The van der Waals surface area contributed by atoms with Crippen LogP contribution in [0.25, 0.3) is 66.1 Å². The van der Waals surface area contributed by atoms with E-state index in [0.29, 0.717) is 0 Å². The van der Waals surface area contributed by atoms with Gasteiger partial charge < -0.3 is 9.80 Å². The first-order valence-corrected chi connectivity index (χ1v) is 22.2. The maximum Gasteiger partial charge on any atom is 0.0443 e. The van der Waals surface area contributed by atoms with E-state index < -0.39 is 0 Å². The second kappa shape index (κ2) is 14.1. The van der Waals surface area contributed by atoms with Crippen molar-refractivity contribution in [2.24, 2.45) is 0 Å². The van der Waals surface area contributed by atoms with Crippen molar-refractivity contribution in [2.45, 2.75) is 44.9 Å². The number of aryl methyl sites for hydroxylation is 2. The predicted molar refractivity (Wildman–Crippen MR) is 259 cm³/mol. The quantitative estimate of drug-likeness (QED) is 0.160. The normalized spacial score (nSPS) is 15.0. The molecule has 61 heavy (non-hydrogen) atoms. The zero-order chi connectivity index (χ0) is 40.7. The van der Waals surface area contributed by atoms with Crippen LogP contribution in [0.2, 0.25) is 0 Å². The van der Waals surface area contributed by atoms with Gasteiger partial charge in [0.05, 0.1) is 0 Å². The highest BCUT2D eigenvalue weighted by Crippen LogP contribution is 2.52. The fraction of sp³-hybridized carbons (Fsp3) is 0.153. The first-order chi connectivity index (χ1) is 30.0. The number of nitrogens with zero attached hydrogens (tertiary/aromatic N) is 2. The third-order valence-corrected chi connectivity index (χ3v) is 14.1. The minimum Gasteiger partial charge on any atom is -0.341 e. The number of anilines is 4. The molecular formula is C59H48N2. The molecule has 2 heterocycles. The number of fused-ring (bicyclic) bond motifs is 7. The summed E-state index contributed by atoms with van der Waals surface area (Å²) in [5, 5.41) is 5.14. The second-order valence-electron chi connectivity index (χ2n) is 17.9. The van der Waals surface area contributed by atoms with Crippen molar-refractivity contribution in [1.29, 1.82) is 0 Å². The molecule has 12 rings (SSSR count). The summed E-state index contributed by atoms with van der Waals surface area (Å²) in [7, 11) is 0. The lowest BCUT2D eigenvalue weighted by Crippen LogP contribution is -2.24. The molecule has 1 aliphatic carbocycles. The first kappa shape index (κ1) is 36.0. The fourth-order valence-electron chi connectivity index (χ4n) is 11.1. The maximum absolute atomic E-state index is 2.56. The lowest BCUT2D eigenvalue weighted by Gasteiger charge is -2.32. The van der Waals surface area contributed by atoms with Gasteiger partial charge in [-0.25, -0.2) is 0 Å². The summed E-state index contributed by atoms with van der Waals surface area (Å²) in [6.45, 7) is 6.80. The van der Waals surface area contributed by atoms with Crippen LogP contribution in [-0.4, -0.2) is 13.1 Å². The highest BCUT2D eigenvalue weighted by atomic mass is 15.1. The van der Waals surface area contributed by atoms with E-state index in [0.717, 1.165) is 38.8 Å². The number of benzene rings is 9. The van der Waals surface area contributed by atoms with Crippen LogP contribution in [0.4, 0.5) is 22.7 Å². The molecular weight excluding hydrogens is 737 g/mol. The van der Waals surface area contributed by atoms with Gasteiger partial charge in [0, 0.05) is 41.3 Å². The Morgan fingerprint density at radius 3 is 1.51 bits per heavy atom. The van der Waals surface area contributed by atoms with Gasteiger partial charge in [-0.2, -0.15) is 0 Å². The molecule has 0 amide bonds. The highest BCUT2D eigenvalue weighted by molar-refractivity contribution is 6.22. The third-order valence-electron chi connectivity index (χ3n) is 14.1.